The van der Waals surface area contributed by atoms with Crippen molar-refractivity contribution in [2.24, 2.45) is 5.10 Å². The number of halogens is 2. The van der Waals surface area contributed by atoms with Crippen LogP contribution in [0.5, 0.6) is 11.5 Å². The van der Waals surface area contributed by atoms with Crippen LogP contribution in [0.4, 0.5) is 4.39 Å². The van der Waals surface area contributed by atoms with Gasteiger partial charge in [-0.15, -0.1) is 0 Å². The number of carbonyl (C=O) groups excluding carboxylic acids is 2. The van der Waals surface area contributed by atoms with Gasteiger partial charge in [-0.1, -0.05) is 48.0 Å². The summed E-state index contributed by atoms with van der Waals surface area (Å²) in [5, 5.41) is 4.98. The molecule has 4 aromatic carbocycles. The number of methoxy groups -OCH3 is 1. The summed E-state index contributed by atoms with van der Waals surface area (Å²) >= 11 is 6.42. The number of para-hydroxylation sites is 1. The highest BCUT2D eigenvalue weighted by Crippen LogP contribution is 2.37. The Morgan fingerprint density at radius 3 is 2.59 bits per heavy atom. The third-order valence-corrected chi connectivity index (χ3v) is 6.26. The van der Waals surface area contributed by atoms with Crippen LogP contribution in [0.2, 0.25) is 5.02 Å². The number of hydrogen-bond donors (Lipinski definition) is 2. The van der Waals surface area contributed by atoms with Crippen LogP contribution in [0.1, 0.15) is 26.4 Å². The number of carbonyl (C=O) groups is 2. The molecule has 0 spiro atoms. The fourth-order valence-corrected chi connectivity index (χ4v) is 4.31. The van der Waals surface area contributed by atoms with Crippen LogP contribution >= 0.6 is 11.6 Å². The van der Waals surface area contributed by atoms with Crippen molar-refractivity contribution < 1.29 is 23.5 Å². The Morgan fingerprint density at radius 1 is 0.974 bits per heavy atom. The van der Waals surface area contributed by atoms with E-state index in [0.29, 0.717) is 43.9 Å². The molecule has 0 bridgehead atoms. The van der Waals surface area contributed by atoms with Crippen molar-refractivity contribution in [2.75, 3.05) is 7.11 Å². The Morgan fingerprint density at radius 2 is 1.77 bits per heavy atom. The third-order valence-electron chi connectivity index (χ3n) is 5.93. The minimum atomic E-state index is -0.575. The average Bonchev–Trinajstić information content (AvgIpc) is 3.32. The van der Waals surface area contributed by atoms with Gasteiger partial charge in [-0.2, -0.15) is 5.10 Å². The largest absolute Gasteiger partial charge is 0.497 e. The monoisotopic (exact) mass is 541 g/mol. The van der Waals surface area contributed by atoms with E-state index >= 15 is 0 Å². The van der Waals surface area contributed by atoms with Gasteiger partial charge in [0, 0.05) is 32.6 Å². The van der Waals surface area contributed by atoms with Crippen molar-refractivity contribution in [3.8, 4) is 22.6 Å². The number of rotatable bonds is 7. The highest BCUT2D eigenvalue weighted by atomic mass is 35.5. The Hall–Kier alpha value is -4.95. The first-order valence-electron chi connectivity index (χ1n) is 11.8. The number of aromatic nitrogens is 1. The quantitative estimate of drug-likeness (QED) is 0.105. The molecule has 0 aliphatic carbocycles. The number of nitrogens with zero attached hydrogens (tertiary/aromatic N) is 1. The second-order valence-corrected chi connectivity index (χ2v) is 8.81. The number of amides is 1. The number of nitrogens with one attached hydrogen (secondary N) is 2. The van der Waals surface area contributed by atoms with E-state index in [1.807, 2.05) is 0 Å². The maximum absolute atomic E-state index is 14.1. The molecule has 0 aliphatic rings. The maximum atomic E-state index is 14.1. The van der Waals surface area contributed by atoms with Gasteiger partial charge in [0.25, 0.3) is 5.91 Å². The maximum Gasteiger partial charge on any atom is 0.343 e. The molecule has 5 aromatic rings. The molecule has 0 saturated carbocycles. The summed E-state index contributed by atoms with van der Waals surface area (Å²) in [6, 6.07) is 24.6. The van der Waals surface area contributed by atoms with Crippen molar-refractivity contribution in [2.45, 2.75) is 0 Å². The minimum Gasteiger partial charge on any atom is -0.497 e. The standard InChI is InChI=1S/C30H21ClFN3O4/c1-38-21-9-6-8-18(15-21)30(37)39-26-12-5-2-7-19(26)17-33-35-29(36)28-27(22-10-3-4-11-24(22)31)23-16-20(32)13-14-25(23)34-28/h2-17,34H,1H3,(H,35,36). The summed E-state index contributed by atoms with van der Waals surface area (Å²) in [6.45, 7) is 0. The number of hydrogen-bond acceptors (Lipinski definition) is 5. The fourth-order valence-electron chi connectivity index (χ4n) is 4.08. The van der Waals surface area contributed by atoms with E-state index in [9.17, 15) is 14.0 Å². The molecule has 194 valence electrons. The zero-order valence-electron chi connectivity index (χ0n) is 20.6. The third kappa shape index (κ3) is 5.51. The lowest BCUT2D eigenvalue weighted by Gasteiger charge is -2.08. The van der Waals surface area contributed by atoms with Crippen molar-refractivity contribution in [3.63, 3.8) is 0 Å². The van der Waals surface area contributed by atoms with Crippen LogP contribution in [-0.2, 0) is 0 Å². The van der Waals surface area contributed by atoms with E-state index in [-0.39, 0.29) is 11.4 Å². The fraction of sp³-hybridized carbons (Fsp3) is 0.0333. The van der Waals surface area contributed by atoms with Crippen molar-refractivity contribution in [1.82, 2.24) is 10.4 Å². The van der Waals surface area contributed by atoms with Gasteiger partial charge in [-0.05, 0) is 54.6 Å². The molecule has 0 atom stereocenters. The molecule has 0 aliphatic heterocycles. The van der Waals surface area contributed by atoms with Crippen LogP contribution < -0.4 is 14.9 Å². The number of esters is 1. The van der Waals surface area contributed by atoms with Crippen molar-refractivity contribution in [1.29, 1.82) is 0 Å². The summed E-state index contributed by atoms with van der Waals surface area (Å²) in [5.74, 6) is -0.809. The van der Waals surface area contributed by atoms with Gasteiger partial charge in [0.2, 0.25) is 0 Å². The van der Waals surface area contributed by atoms with Crippen LogP contribution in [0.3, 0.4) is 0 Å². The number of aromatic amines is 1. The molecule has 7 nitrogen and oxygen atoms in total. The molecule has 1 amide bonds. The van der Waals surface area contributed by atoms with Crippen LogP contribution in [-0.4, -0.2) is 30.2 Å². The molecule has 9 heteroatoms. The lowest BCUT2D eigenvalue weighted by Crippen LogP contribution is -2.19. The van der Waals surface area contributed by atoms with E-state index in [2.05, 4.69) is 15.5 Å². The lowest BCUT2D eigenvalue weighted by atomic mass is 10.0. The molecular weight excluding hydrogens is 521 g/mol. The van der Waals surface area contributed by atoms with Gasteiger partial charge in [-0.3, -0.25) is 4.79 Å². The molecule has 5 rings (SSSR count). The topological polar surface area (TPSA) is 92.8 Å². The van der Waals surface area contributed by atoms with E-state index in [1.165, 1.54) is 25.5 Å². The summed E-state index contributed by atoms with van der Waals surface area (Å²) in [5.41, 5.74) is 5.01. The van der Waals surface area contributed by atoms with Gasteiger partial charge in [-0.25, -0.2) is 14.6 Å². The normalized spacial score (nSPS) is 11.1. The van der Waals surface area contributed by atoms with Crippen molar-refractivity contribution in [3.05, 3.63) is 119 Å². The minimum absolute atomic E-state index is 0.165. The molecule has 0 fully saturated rings. The summed E-state index contributed by atoms with van der Waals surface area (Å²) in [6.07, 6.45) is 1.36. The lowest BCUT2D eigenvalue weighted by molar-refractivity contribution is 0.0733. The van der Waals surface area contributed by atoms with Crippen LogP contribution in [0.25, 0.3) is 22.0 Å². The summed E-state index contributed by atoms with van der Waals surface area (Å²) in [7, 11) is 1.51. The zero-order valence-corrected chi connectivity index (χ0v) is 21.3. The molecule has 1 heterocycles. The van der Waals surface area contributed by atoms with E-state index < -0.39 is 17.7 Å². The second kappa shape index (κ2) is 11.2. The number of fused-ring (bicyclic) bond motifs is 1. The number of H-pyrrole nitrogens is 1. The van der Waals surface area contributed by atoms with Gasteiger partial charge in [0.15, 0.2) is 0 Å². The predicted molar refractivity (Wildman–Crippen MR) is 148 cm³/mol. The number of hydrazone groups is 1. The molecule has 0 unspecified atom stereocenters. The van der Waals surface area contributed by atoms with Gasteiger partial charge in [0.05, 0.1) is 18.9 Å². The first-order chi connectivity index (χ1) is 18.9. The first-order valence-corrected chi connectivity index (χ1v) is 12.2. The number of ether oxygens (including phenoxy) is 2. The SMILES string of the molecule is COc1cccc(C(=O)Oc2ccccc2C=NNC(=O)c2[nH]c3ccc(F)cc3c2-c2ccccc2Cl)c1. The van der Waals surface area contributed by atoms with Crippen molar-refractivity contribution >= 4 is 40.6 Å². The van der Waals surface area contributed by atoms with E-state index in [1.54, 1.807) is 78.9 Å². The Balaban J connectivity index is 1.40. The van der Waals surface area contributed by atoms with Gasteiger partial charge >= 0.3 is 5.97 Å². The average molecular weight is 542 g/mol. The van der Waals surface area contributed by atoms with Crippen LogP contribution in [0, 0.1) is 5.82 Å². The molecule has 0 saturated heterocycles. The summed E-state index contributed by atoms with van der Waals surface area (Å²) < 4.78 is 24.8. The Bertz CT molecular complexity index is 1730. The Kier molecular flexibility index (Phi) is 7.38. The van der Waals surface area contributed by atoms with Gasteiger partial charge in [0.1, 0.15) is 23.0 Å². The molecule has 0 radical (unpaired) electrons. The molecule has 1 aromatic heterocycles. The summed E-state index contributed by atoms with van der Waals surface area (Å²) in [4.78, 5) is 28.9. The first kappa shape index (κ1) is 25.7. The van der Waals surface area contributed by atoms with E-state index in [4.69, 9.17) is 21.1 Å². The second-order valence-electron chi connectivity index (χ2n) is 8.40. The molecule has 2 N–H and O–H groups in total. The Labute approximate surface area is 227 Å². The molecular formula is C30H21ClFN3O4. The predicted octanol–water partition coefficient (Wildman–Crippen LogP) is 6.62. The number of benzene rings is 4. The highest BCUT2D eigenvalue weighted by Gasteiger charge is 2.21. The molecule has 39 heavy (non-hydrogen) atoms. The van der Waals surface area contributed by atoms with Crippen LogP contribution in [0.15, 0.2) is 96.1 Å². The zero-order chi connectivity index (χ0) is 27.4. The smallest absolute Gasteiger partial charge is 0.343 e. The van der Waals surface area contributed by atoms with E-state index in [0.717, 1.165) is 0 Å². The highest BCUT2D eigenvalue weighted by molar-refractivity contribution is 6.34. The van der Waals surface area contributed by atoms with Gasteiger partial charge < -0.3 is 14.5 Å².